The van der Waals surface area contributed by atoms with E-state index in [0.29, 0.717) is 0 Å². The zero-order valence-corrected chi connectivity index (χ0v) is 11.6. The molecule has 1 aromatic heterocycles. The number of hydrogen-bond donors (Lipinski definition) is 2. The van der Waals surface area contributed by atoms with Crippen LogP contribution < -0.4 is 5.32 Å². The first kappa shape index (κ1) is 15.5. The monoisotopic (exact) mass is 315 g/mol. The number of thiophene rings is 1. The number of nitrogens with one attached hydrogen (secondary N) is 1. The van der Waals surface area contributed by atoms with E-state index in [-0.39, 0.29) is 12.0 Å². The number of carbonyl (C=O) groups excluding carboxylic acids is 1. The first-order valence-electron chi connectivity index (χ1n) is 6.07. The Morgan fingerprint density at radius 1 is 1.29 bits per heavy atom. The largest absolute Gasteiger partial charge is 0.394 e. The van der Waals surface area contributed by atoms with Crippen LogP contribution in [0, 0.1) is 17.5 Å². The first-order valence-corrected chi connectivity index (χ1v) is 7.01. The van der Waals surface area contributed by atoms with E-state index in [0.717, 1.165) is 17.7 Å². The van der Waals surface area contributed by atoms with E-state index in [1.165, 1.54) is 11.3 Å². The minimum absolute atomic E-state index is 0.0347. The Kier molecular flexibility index (Phi) is 4.98. The number of hydrogen-bond acceptors (Lipinski definition) is 3. The molecule has 0 aliphatic rings. The second-order valence-corrected chi connectivity index (χ2v) is 5.19. The Morgan fingerprint density at radius 3 is 2.48 bits per heavy atom. The highest BCUT2D eigenvalue weighted by Gasteiger charge is 2.18. The third-order valence-corrected chi connectivity index (χ3v) is 3.60. The Labute approximate surface area is 123 Å². The second-order valence-electron chi connectivity index (χ2n) is 4.41. The standard InChI is InChI=1S/C14H12F3NO2S/c15-10-4-9(5-11(16)14(10)17)12(6-19)18-13(20)3-8-1-2-21-7-8/h1-2,4-5,7,12,19H,3,6H2,(H,18,20). The lowest BCUT2D eigenvalue weighted by atomic mass is 10.1. The number of benzene rings is 1. The van der Waals surface area contributed by atoms with Gasteiger partial charge in [0.05, 0.1) is 19.1 Å². The van der Waals surface area contributed by atoms with Crippen LogP contribution in [0.5, 0.6) is 0 Å². The lowest BCUT2D eigenvalue weighted by Crippen LogP contribution is -2.32. The van der Waals surface area contributed by atoms with Gasteiger partial charge in [-0.1, -0.05) is 0 Å². The van der Waals surface area contributed by atoms with Crippen molar-refractivity contribution in [2.24, 2.45) is 0 Å². The van der Waals surface area contributed by atoms with Crippen molar-refractivity contribution in [1.29, 1.82) is 0 Å². The summed E-state index contributed by atoms with van der Waals surface area (Å²) in [6.07, 6.45) is 0.0894. The van der Waals surface area contributed by atoms with Crippen LogP contribution >= 0.6 is 11.3 Å². The Hall–Kier alpha value is -1.86. The van der Waals surface area contributed by atoms with Crippen LogP contribution in [-0.2, 0) is 11.2 Å². The minimum Gasteiger partial charge on any atom is -0.394 e. The van der Waals surface area contributed by atoms with Crippen LogP contribution in [0.1, 0.15) is 17.2 Å². The quantitative estimate of drug-likeness (QED) is 0.833. The zero-order valence-electron chi connectivity index (χ0n) is 10.8. The molecule has 0 aliphatic heterocycles. The molecule has 3 nitrogen and oxygen atoms in total. The van der Waals surface area contributed by atoms with Crippen LogP contribution in [0.25, 0.3) is 0 Å². The molecule has 0 saturated carbocycles. The van der Waals surface area contributed by atoms with Gasteiger partial charge in [0, 0.05) is 0 Å². The molecule has 1 unspecified atom stereocenters. The summed E-state index contributed by atoms with van der Waals surface area (Å²) in [6.45, 7) is -0.556. The van der Waals surface area contributed by atoms with Crippen LogP contribution in [0.15, 0.2) is 29.0 Å². The summed E-state index contributed by atoms with van der Waals surface area (Å²) in [6, 6.07) is 2.28. The highest BCUT2D eigenvalue weighted by atomic mass is 32.1. The molecule has 1 amide bonds. The molecule has 21 heavy (non-hydrogen) atoms. The van der Waals surface area contributed by atoms with Crippen molar-refractivity contribution in [2.75, 3.05) is 6.61 Å². The number of halogens is 3. The van der Waals surface area contributed by atoms with E-state index in [1.54, 1.807) is 11.4 Å². The maximum Gasteiger partial charge on any atom is 0.225 e. The molecule has 7 heteroatoms. The van der Waals surface area contributed by atoms with E-state index < -0.39 is 36.0 Å². The lowest BCUT2D eigenvalue weighted by molar-refractivity contribution is -0.121. The normalized spacial score (nSPS) is 12.2. The van der Waals surface area contributed by atoms with Gasteiger partial charge in [-0.2, -0.15) is 11.3 Å². The van der Waals surface area contributed by atoms with Gasteiger partial charge in [-0.25, -0.2) is 13.2 Å². The Bertz CT molecular complexity index is 608. The van der Waals surface area contributed by atoms with Crippen LogP contribution in [0.3, 0.4) is 0 Å². The zero-order chi connectivity index (χ0) is 15.4. The number of aliphatic hydroxyl groups excluding tert-OH is 1. The van der Waals surface area contributed by atoms with Crippen molar-refractivity contribution in [1.82, 2.24) is 5.32 Å². The van der Waals surface area contributed by atoms with E-state index in [1.807, 2.05) is 5.38 Å². The molecule has 0 radical (unpaired) electrons. The summed E-state index contributed by atoms with van der Waals surface area (Å²) < 4.78 is 39.2. The van der Waals surface area contributed by atoms with Crippen LogP contribution in [0.2, 0.25) is 0 Å². The first-order chi connectivity index (χ1) is 10.0. The van der Waals surface area contributed by atoms with Gasteiger partial charge in [0.25, 0.3) is 0 Å². The van der Waals surface area contributed by atoms with Crippen LogP contribution in [0.4, 0.5) is 13.2 Å². The fourth-order valence-electron chi connectivity index (χ4n) is 1.83. The summed E-state index contributed by atoms with van der Waals surface area (Å²) in [5.41, 5.74) is 0.762. The summed E-state index contributed by atoms with van der Waals surface area (Å²) in [5, 5.41) is 15.3. The fraction of sp³-hybridized carbons (Fsp3) is 0.214. The Morgan fingerprint density at radius 2 is 1.95 bits per heavy atom. The number of aliphatic hydroxyl groups is 1. The van der Waals surface area contributed by atoms with E-state index in [4.69, 9.17) is 0 Å². The predicted octanol–water partition coefficient (Wildman–Crippen LogP) is 2.56. The van der Waals surface area contributed by atoms with Gasteiger partial charge in [0.15, 0.2) is 17.5 Å². The van der Waals surface area contributed by atoms with E-state index >= 15 is 0 Å². The molecule has 2 rings (SSSR count). The minimum atomic E-state index is -1.58. The molecule has 2 aromatic rings. The van der Waals surface area contributed by atoms with E-state index in [9.17, 15) is 23.1 Å². The maximum atomic E-state index is 13.2. The second kappa shape index (κ2) is 6.73. The summed E-state index contributed by atoms with van der Waals surface area (Å²) in [7, 11) is 0. The molecule has 0 spiro atoms. The van der Waals surface area contributed by atoms with Crippen LogP contribution in [-0.4, -0.2) is 17.6 Å². The molecule has 1 aromatic carbocycles. The van der Waals surface area contributed by atoms with Crippen molar-refractivity contribution >= 4 is 17.2 Å². The van der Waals surface area contributed by atoms with Crippen molar-refractivity contribution < 1.29 is 23.1 Å². The topological polar surface area (TPSA) is 49.3 Å². The van der Waals surface area contributed by atoms with Gasteiger partial charge in [-0.05, 0) is 40.1 Å². The molecule has 2 N–H and O–H groups in total. The number of amides is 1. The average Bonchev–Trinajstić information content (AvgIpc) is 2.94. The molecule has 0 fully saturated rings. The summed E-state index contributed by atoms with van der Waals surface area (Å²) >= 11 is 1.44. The van der Waals surface area contributed by atoms with Crippen molar-refractivity contribution in [3.05, 3.63) is 57.5 Å². The van der Waals surface area contributed by atoms with Crippen molar-refractivity contribution in [3.8, 4) is 0 Å². The average molecular weight is 315 g/mol. The molecule has 0 saturated heterocycles. The molecule has 112 valence electrons. The molecule has 1 heterocycles. The summed E-state index contributed by atoms with van der Waals surface area (Å²) in [5.74, 6) is -4.72. The third-order valence-electron chi connectivity index (χ3n) is 2.87. The molecular weight excluding hydrogens is 303 g/mol. The molecule has 0 aliphatic carbocycles. The van der Waals surface area contributed by atoms with Gasteiger partial charge in [-0.3, -0.25) is 4.79 Å². The van der Waals surface area contributed by atoms with Gasteiger partial charge in [0.1, 0.15) is 0 Å². The smallest absolute Gasteiger partial charge is 0.225 e. The van der Waals surface area contributed by atoms with Crippen molar-refractivity contribution in [2.45, 2.75) is 12.5 Å². The highest BCUT2D eigenvalue weighted by molar-refractivity contribution is 7.07. The summed E-state index contributed by atoms with van der Waals surface area (Å²) in [4.78, 5) is 11.8. The van der Waals surface area contributed by atoms with Crippen molar-refractivity contribution in [3.63, 3.8) is 0 Å². The van der Waals surface area contributed by atoms with Gasteiger partial charge < -0.3 is 10.4 Å². The van der Waals surface area contributed by atoms with Gasteiger partial charge in [0.2, 0.25) is 5.91 Å². The molecular formula is C14H12F3NO2S. The third kappa shape index (κ3) is 3.83. The maximum absolute atomic E-state index is 13.2. The predicted molar refractivity (Wildman–Crippen MR) is 72.3 cm³/mol. The fourth-order valence-corrected chi connectivity index (χ4v) is 2.50. The SMILES string of the molecule is O=C(Cc1ccsc1)NC(CO)c1cc(F)c(F)c(F)c1. The van der Waals surface area contributed by atoms with Gasteiger partial charge >= 0.3 is 0 Å². The van der Waals surface area contributed by atoms with E-state index in [2.05, 4.69) is 5.32 Å². The van der Waals surface area contributed by atoms with Gasteiger partial charge in [-0.15, -0.1) is 0 Å². The molecule has 0 bridgehead atoms. The number of rotatable bonds is 5. The molecule has 1 atom stereocenters. The Balaban J connectivity index is 2.11. The number of carbonyl (C=O) groups is 1. The highest BCUT2D eigenvalue weighted by Crippen LogP contribution is 2.19. The lowest BCUT2D eigenvalue weighted by Gasteiger charge is -2.17.